The zero-order valence-corrected chi connectivity index (χ0v) is 23.5. The maximum Gasteiger partial charge on any atom is 0.318 e. The molecule has 4 rings (SSSR count). The number of amides is 4. The Morgan fingerprint density at radius 1 is 1.05 bits per heavy atom. The topological polar surface area (TPSA) is 117 Å². The van der Waals surface area contributed by atoms with E-state index >= 15 is 0 Å². The van der Waals surface area contributed by atoms with Crippen LogP contribution in [0, 0.1) is 0 Å². The first-order chi connectivity index (χ1) is 18.6. The number of carbonyl (C=O) groups is 3. The van der Waals surface area contributed by atoms with Gasteiger partial charge in [-0.3, -0.25) is 9.59 Å². The second-order valence-corrected chi connectivity index (χ2v) is 11.1. The van der Waals surface area contributed by atoms with Crippen molar-refractivity contribution in [1.29, 1.82) is 0 Å². The summed E-state index contributed by atoms with van der Waals surface area (Å²) >= 11 is 1.64. The van der Waals surface area contributed by atoms with Gasteiger partial charge < -0.3 is 26.6 Å². The molecule has 0 saturated heterocycles. The summed E-state index contributed by atoms with van der Waals surface area (Å²) in [6.45, 7) is 4.09. The smallest absolute Gasteiger partial charge is 0.318 e. The molecule has 39 heavy (non-hydrogen) atoms. The number of carbonyl (C=O) groups excluding carboxylic acids is 3. The highest BCUT2D eigenvalue weighted by Crippen LogP contribution is 2.29. The molecule has 0 aliphatic carbocycles. The van der Waals surface area contributed by atoms with Gasteiger partial charge >= 0.3 is 6.03 Å². The summed E-state index contributed by atoms with van der Waals surface area (Å²) in [5.74, 6) is -0.502. The summed E-state index contributed by atoms with van der Waals surface area (Å²) in [5, 5.41) is 8.32. The minimum absolute atomic E-state index is 0.140. The lowest BCUT2D eigenvalue weighted by Gasteiger charge is -2.27. The molecule has 0 bridgehead atoms. The molecular weight excluding hydrogens is 510 g/mol. The lowest BCUT2D eigenvalue weighted by Crippen LogP contribution is -2.56. The number of fused-ring (bicyclic) bond motifs is 1. The Bertz CT molecular complexity index is 1370. The normalized spacial score (nSPS) is 15.3. The number of anilines is 1. The molecule has 0 fully saturated rings. The van der Waals surface area contributed by atoms with Crippen LogP contribution in [0.1, 0.15) is 30.5 Å². The number of thioether (sulfide) groups is 1. The highest BCUT2D eigenvalue weighted by molar-refractivity contribution is 7.98. The minimum Gasteiger partial charge on any atom is -0.342 e. The van der Waals surface area contributed by atoms with Gasteiger partial charge in [-0.15, -0.1) is 11.8 Å². The van der Waals surface area contributed by atoms with Gasteiger partial charge in [0.2, 0.25) is 11.8 Å². The number of hydrogen-bond acceptors (Lipinski definition) is 5. The molecule has 1 heterocycles. The van der Waals surface area contributed by atoms with E-state index in [4.69, 9.17) is 5.73 Å². The van der Waals surface area contributed by atoms with E-state index in [9.17, 15) is 14.4 Å². The van der Waals surface area contributed by atoms with Crippen LogP contribution >= 0.6 is 11.8 Å². The molecular formula is C30H35N5O3S. The maximum atomic E-state index is 13.7. The van der Waals surface area contributed by atoms with Crippen molar-refractivity contribution in [3.8, 4) is 11.1 Å². The average molecular weight is 546 g/mol. The molecule has 8 nitrogen and oxygen atoms in total. The fraction of sp³-hybridized carbons (Fsp3) is 0.300. The zero-order valence-electron chi connectivity index (χ0n) is 22.7. The van der Waals surface area contributed by atoms with Gasteiger partial charge in [-0.2, -0.15) is 0 Å². The Labute approximate surface area is 233 Å². The fourth-order valence-electron chi connectivity index (χ4n) is 4.51. The highest BCUT2D eigenvalue weighted by atomic mass is 32.2. The molecule has 1 atom stereocenters. The number of benzene rings is 3. The predicted octanol–water partition coefficient (Wildman–Crippen LogP) is 4.13. The van der Waals surface area contributed by atoms with Crippen LogP contribution in [0.2, 0.25) is 0 Å². The number of urea groups is 1. The van der Waals surface area contributed by atoms with Gasteiger partial charge in [-0.25, -0.2) is 4.79 Å². The van der Waals surface area contributed by atoms with E-state index in [0.717, 1.165) is 32.7 Å². The van der Waals surface area contributed by atoms with E-state index in [-0.39, 0.29) is 17.8 Å². The molecule has 0 unspecified atom stereocenters. The van der Waals surface area contributed by atoms with Crippen LogP contribution in [0.25, 0.3) is 11.1 Å². The molecule has 4 amide bonds. The van der Waals surface area contributed by atoms with Gasteiger partial charge in [0.1, 0.15) is 6.04 Å². The summed E-state index contributed by atoms with van der Waals surface area (Å²) in [4.78, 5) is 41.2. The van der Waals surface area contributed by atoms with Crippen LogP contribution in [-0.2, 0) is 29.1 Å². The molecule has 1 aliphatic heterocycles. The Kier molecular flexibility index (Phi) is 8.62. The predicted molar refractivity (Wildman–Crippen MR) is 156 cm³/mol. The summed E-state index contributed by atoms with van der Waals surface area (Å²) in [7, 11) is 1.57. The van der Waals surface area contributed by atoms with E-state index in [1.54, 1.807) is 37.6 Å². The van der Waals surface area contributed by atoms with Gasteiger partial charge in [-0.1, -0.05) is 48.5 Å². The SMILES string of the molecule is CNC(=O)Nc1ccccc1-c1ccc(CN2Cc3ccc(SC)cc3C[C@@H](NC(=O)C(C)(C)N)C2=O)cc1. The van der Waals surface area contributed by atoms with Gasteiger partial charge in [0.05, 0.1) is 11.2 Å². The van der Waals surface area contributed by atoms with Gasteiger partial charge in [0.25, 0.3) is 0 Å². The Morgan fingerprint density at radius 3 is 2.44 bits per heavy atom. The van der Waals surface area contributed by atoms with Crippen LogP contribution in [0.4, 0.5) is 10.5 Å². The third-order valence-corrected chi connectivity index (χ3v) is 7.47. The molecule has 3 aromatic rings. The van der Waals surface area contributed by atoms with Crippen molar-refractivity contribution in [1.82, 2.24) is 15.5 Å². The summed E-state index contributed by atoms with van der Waals surface area (Å²) in [6, 6.07) is 20.8. The summed E-state index contributed by atoms with van der Waals surface area (Å²) in [5.41, 5.74) is 10.5. The van der Waals surface area contributed by atoms with Crippen molar-refractivity contribution in [3.05, 3.63) is 83.4 Å². The number of rotatable bonds is 7. The molecule has 0 radical (unpaired) electrons. The minimum atomic E-state index is -1.10. The van der Waals surface area contributed by atoms with Crippen molar-refractivity contribution < 1.29 is 14.4 Å². The quantitative estimate of drug-likeness (QED) is 0.333. The molecule has 9 heteroatoms. The molecule has 0 saturated carbocycles. The first kappa shape index (κ1) is 28.2. The number of nitrogens with two attached hydrogens (primary N) is 1. The number of hydrogen-bond donors (Lipinski definition) is 4. The van der Waals surface area contributed by atoms with Crippen LogP contribution in [0.5, 0.6) is 0 Å². The zero-order chi connectivity index (χ0) is 28.2. The molecule has 1 aliphatic rings. The van der Waals surface area contributed by atoms with E-state index in [1.807, 2.05) is 54.8 Å². The second kappa shape index (κ2) is 11.9. The maximum absolute atomic E-state index is 13.7. The third-order valence-electron chi connectivity index (χ3n) is 6.74. The van der Waals surface area contributed by atoms with Crippen molar-refractivity contribution in [3.63, 3.8) is 0 Å². The van der Waals surface area contributed by atoms with Crippen LogP contribution in [-0.4, -0.2) is 47.6 Å². The largest absolute Gasteiger partial charge is 0.342 e. The lowest BCUT2D eigenvalue weighted by molar-refractivity contribution is -0.138. The Morgan fingerprint density at radius 2 is 1.77 bits per heavy atom. The molecule has 0 spiro atoms. The monoisotopic (exact) mass is 545 g/mol. The van der Waals surface area contributed by atoms with E-state index in [2.05, 4.69) is 34.1 Å². The number of para-hydroxylation sites is 1. The fourth-order valence-corrected chi connectivity index (χ4v) is 4.98. The van der Waals surface area contributed by atoms with Crippen LogP contribution in [0.3, 0.4) is 0 Å². The van der Waals surface area contributed by atoms with Crippen molar-refractivity contribution in [2.24, 2.45) is 5.73 Å². The van der Waals surface area contributed by atoms with E-state index in [0.29, 0.717) is 25.2 Å². The van der Waals surface area contributed by atoms with E-state index < -0.39 is 11.6 Å². The molecule has 204 valence electrons. The number of nitrogens with zero attached hydrogens (tertiary/aromatic N) is 1. The van der Waals surface area contributed by atoms with Crippen molar-refractivity contribution >= 4 is 35.3 Å². The second-order valence-electron chi connectivity index (χ2n) is 10.2. The standard InChI is InChI=1S/C30H35N5O3S/c1-30(2,31)28(37)33-26-16-22-15-23(39-4)14-13-21(22)18-35(27(26)36)17-19-9-11-20(12-10-19)24-7-5-6-8-25(24)34-29(38)32-3/h5-15,26H,16-18,31H2,1-4H3,(H,33,37)(H2,32,34,38)/t26-/m1/s1. The highest BCUT2D eigenvalue weighted by Gasteiger charge is 2.33. The van der Waals surface area contributed by atoms with Gasteiger partial charge in [-0.05, 0) is 60.6 Å². The first-order valence-corrected chi connectivity index (χ1v) is 14.0. The number of nitrogens with one attached hydrogen (secondary N) is 3. The Balaban J connectivity index is 1.60. The van der Waals surface area contributed by atoms with Gasteiger partial charge in [0.15, 0.2) is 0 Å². The van der Waals surface area contributed by atoms with Crippen LogP contribution < -0.4 is 21.7 Å². The average Bonchev–Trinajstić information content (AvgIpc) is 3.04. The Hall–Kier alpha value is -3.82. The van der Waals surface area contributed by atoms with Crippen molar-refractivity contribution in [2.75, 3.05) is 18.6 Å². The molecule has 5 N–H and O–H groups in total. The van der Waals surface area contributed by atoms with Gasteiger partial charge in [0, 0.05) is 37.0 Å². The van der Waals surface area contributed by atoms with Crippen molar-refractivity contribution in [2.45, 2.75) is 49.8 Å². The summed E-state index contributed by atoms with van der Waals surface area (Å²) in [6.07, 6.45) is 2.43. The lowest BCUT2D eigenvalue weighted by atomic mass is 10.00. The first-order valence-electron chi connectivity index (χ1n) is 12.8. The van der Waals surface area contributed by atoms with E-state index in [1.165, 1.54) is 0 Å². The van der Waals surface area contributed by atoms with Crippen LogP contribution in [0.15, 0.2) is 71.6 Å². The molecule has 3 aromatic carbocycles. The third kappa shape index (κ3) is 6.79. The molecule has 0 aromatic heterocycles. The summed E-state index contributed by atoms with van der Waals surface area (Å²) < 4.78 is 0.